The maximum Gasteiger partial charge on any atom is 0.257 e. The maximum atomic E-state index is 12.4. The number of amides is 1. The topological polar surface area (TPSA) is 57.1 Å². The second kappa shape index (κ2) is 5.52. The van der Waals surface area contributed by atoms with Gasteiger partial charge in [0, 0.05) is 22.7 Å². The number of para-hydroxylation sites is 1. The zero-order chi connectivity index (χ0) is 15.8. The summed E-state index contributed by atoms with van der Waals surface area (Å²) in [5.41, 5.74) is 2.35. The fraction of sp³-hybridized carbons (Fsp3) is 0.118. The highest BCUT2D eigenvalue weighted by molar-refractivity contribution is 6.30. The summed E-state index contributed by atoms with van der Waals surface area (Å²) in [7, 11) is 0. The van der Waals surface area contributed by atoms with Gasteiger partial charge in [-0.2, -0.15) is 0 Å². The molecule has 0 unspecified atom stereocenters. The van der Waals surface area contributed by atoms with Gasteiger partial charge in [-0.05, 0) is 36.4 Å². The molecule has 6 heteroatoms. The van der Waals surface area contributed by atoms with Crippen molar-refractivity contribution < 1.29 is 4.79 Å². The second-order valence-electron chi connectivity index (χ2n) is 5.27. The molecule has 1 amide bonds. The summed E-state index contributed by atoms with van der Waals surface area (Å²) in [5.74, 6) is 1.16. The maximum absolute atomic E-state index is 12.4. The van der Waals surface area contributed by atoms with Gasteiger partial charge in [0.25, 0.3) is 5.91 Å². The normalized spacial score (nSPS) is 15.4. The van der Waals surface area contributed by atoms with Gasteiger partial charge in [-0.3, -0.25) is 20.0 Å². The Bertz CT molecular complexity index is 842. The molecule has 5 nitrogen and oxygen atoms in total. The largest absolute Gasteiger partial charge is 0.294 e. The molecular weight excluding hydrogens is 312 g/mol. The number of carbonyl (C=O) groups is 1. The van der Waals surface area contributed by atoms with Gasteiger partial charge in [0.15, 0.2) is 0 Å². The first kappa shape index (κ1) is 14.0. The van der Waals surface area contributed by atoms with E-state index in [9.17, 15) is 4.79 Å². The van der Waals surface area contributed by atoms with E-state index in [0.29, 0.717) is 29.6 Å². The number of hydrogen-bond donors (Lipinski definition) is 1. The monoisotopic (exact) mass is 324 g/mol. The van der Waals surface area contributed by atoms with Crippen molar-refractivity contribution in [2.75, 3.05) is 13.1 Å². The minimum atomic E-state index is -0.217. The van der Waals surface area contributed by atoms with Crippen molar-refractivity contribution >= 4 is 35.0 Å². The van der Waals surface area contributed by atoms with E-state index in [4.69, 9.17) is 11.6 Å². The van der Waals surface area contributed by atoms with Crippen LogP contribution in [0.15, 0.2) is 58.5 Å². The number of hydrogen-bond acceptors (Lipinski definition) is 4. The number of nitrogens with one attached hydrogen (secondary N) is 1. The summed E-state index contributed by atoms with van der Waals surface area (Å²) in [4.78, 5) is 23.5. The standard InChI is InChI=1S/C17H13ClN4O/c18-12-7-5-11(6-8-12)16(23)21-17-20-14-4-2-1-3-13(14)15-19-9-10-22(15)17/h1-8H,9-10H2,(H,20,21,23). The first-order valence-corrected chi connectivity index (χ1v) is 7.67. The Morgan fingerprint density at radius 3 is 2.74 bits per heavy atom. The molecule has 2 aliphatic heterocycles. The zero-order valence-electron chi connectivity index (χ0n) is 12.2. The quantitative estimate of drug-likeness (QED) is 0.877. The highest BCUT2D eigenvalue weighted by atomic mass is 35.5. The van der Waals surface area contributed by atoms with Crippen LogP contribution in [0.3, 0.4) is 0 Å². The van der Waals surface area contributed by atoms with Crippen LogP contribution in [0.25, 0.3) is 0 Å². The number of rotatable bonds is 1. The van der Waals surface area contributed by atoms with E-state index >= 15 is 0 Å². The fourth-order valence-electron chi connectivity index (χ4n) is 2.69. The molecule has 0 saturated heterocycles. The predicted octanol–water partition coefficient (Wildman–Crippen LogP) is 2.83. The lowest BCUT2D eigenvalue weighted by molar-refractivity contribution is 0.0974. The Labute approximate surface area is 138 Å². The van der Waals surface area contributed by atoms with Crippen molar-refractivity contribution in [3.05, 3.63) is 64.7 Å². The number of guanidine groups is 1. The number of halogens is 1. The summed E-state index contributed by atoms with van der Waals surface area (Å²) in [6.45, 7) is 1.41. The van der Waals surface area contributed by atoms with E-state index in [1.165, 1.54) is 0 Å². The van der Waals surface area contributed by atoms with Crippen molar-refractivity contribution in [3.8, 4) is 0 Å². The van der Waals surface area contributed by atoms with Crippen LogP contribution < -0.4 is 5.32 Å². The third kappa shape index (κ3) is 2.49. The van der Waals surface area contributed by atoms with Gasteiger partial charge < -0.3 is 0 Å². The molecule has 1 N–H and O–H groups in total. The molecule has 4 rings (SSSR count). The molecule has 0 aliphatic carbocycles. The first-order valence-electron chi connectivity index (χ1n) is 7.29. The van der Waals surface area contributed by atoms with Gasteiger partial charge >= 0.3 is 0 Å². The van der Waals surface area contributed by atoms with Gasteiger partial charge in [0.2, 0.25) is 5.96 Å². The number of benzene rings is 2. The second-order valence-corrected chi connectivity index (χ2v) is 5.71. The zero-order valence-corrected chi connectivity index (χ0v) is 12.9. The smallest absolute Gasteiger partial charge is 0.257 e. The predicted molar refractivity (Wildman–Crippen MR) is 90.6 cm³/mol. The molecule has 0 spiro atoms. The van der Waals surface area contributed by atoms with Crippen LogP contribution in [0.5, 0.6) is 0 Å². The molecule has 2 aliphatic rings. The Kier molecular flexibility index (Phi) is 3.35. The number of fused-ring (bicyclic) bond motifs is 3. The third-order valence-corrected chi connectivity index (χ3v) is 4.05. The minimum absolute atomic E-state index is 0.217. The molecule has 114 valence electrons. The molecule has 0 radical (unpaired) electrons. The number of carbonyl (C=O) groups excluding carboxylic acids is 1. The van der Waals surface area contributed by atoms with Crippen LogP contribution in [-0.2, 0) is 0 Å². The van der Waals surface area contributed by atoms with Crippen molar-refractivity contribution in [2.45, 2.75) is 0 Å². The molecule has 0 fully saturated rings. The lowest BCUT2D eigenvalue weighted by atomic mass is 10.1. The van der Waals surface area contributed by atoms with E-state index in [0.717, 1.165) is 17.1 Å². The van der Waals surface area contributed by atoms with Crippen molar-refractivity contribution in [3.63, 3.8) is 0 Å². The Balaban J connectivity index is 1.66. The summed E-state index contributed by atoms with van der Waals surface area (Å²) < 4.78 is 0. The summed E-state index contributed by atoms with van der Waals surface area (Å²) in [6.07, 6.45) is 0. The van der Waals surface area contributed by atoms with Crippen LogP contribution >= 0.6 is 11.6 Å². The fourth-order valence-corrected chi connectivity index (χ4v) is 2.82. The van der Waals surface area contributed by atoms with E-state index in [1.807, 2.05) is 29.2 Å². The van der Waals surface area contributed by atoms with Gasteiger partial charge in [0.05, 0.1) is 12.2 Å². The first-order chi connectivity index (χ1) is 11.2. The van der Waals surface area contributed by atoms with Crippen LogP contribution in [-0.4, -0.2) is 35.7 Å². The summed E-state index contributed by atoms with van der Waals surface area (Å²) in [6, 6.07) is 14.6. The molecule has 2 aromatic carbocycles. The molecule has 0 saturated carbocycles. The van der Waals surface area contributed by atoms with Crippen molar-refractivity contribution in [2.24, 2.45) is 9.98 Å². The Hall–Kier alpha value is -2.66. The highest BCUT2D eigenvalue weighted by Crippen LogP contribution is 2.27. The molecule has 2 heterocycles. The van der Waals surface area contributed by atoms with Gasteiger partial charge in [-0.15, -0.1) is 0 Å². The van der Waals surface area contributed by atoms with E-state index in [-0.39, 0.29) is 5.91 Å². The van der Waals surface area contributed by atoms with Crippen LogP contribution in [0.1, 0.15) is 15.9 Å². The van der Waals surface area contributed by atoms with Gasteiger partial charge in [-0.25, -0.2) is 4.99 Å². The van der Waals surface area contributed by atoms with Crippen LogP contribution in [0.4, 0.5) is 5.69 Å². The van der Waals surface area contributed by atoms with Crippen molar-refractivity contribution in [1.29, 1.82) is 0 Å². The van der Waals surface area contributed by atoms with E-state index in [2.05, 4.69) is 15.3 Å². The molecule has 2 aromatic rings. The number of amidine groups is 1. The lowest BCUT2D eigenvalue weighted by Gasteiger charge is -2.27. The van der Waals surface area contributed by atoms with Gasteiger partial charge in [0.1, 0.15) is 5.84 Å². The number of aliphatic imine (C=N–C) groups is 2. The van der Waals surface area contributed by atoms with Gasteiger partial charge in [-0.1, -0.05) is 23.7 Å². The van der Waals surface area contributed by atoms with Crippen LogP contribution in [0, 0.1) is 0 Å². The summed E-state index contributed by atoms with van der Waals surface area (Å²) >= 11 is 5.86. The average Bonchev–Trinajstić information content (AvgIpc) is 3.06. The molecule has 0 bridgehead atoms. The molecule has 0 aromatic heterocycles. The molecule has 0 atom stereocenters. The SMILES string of the molecule is O=C(NC1=Nc2ccccc2C2=NCCN12)c1ccc(Cl)cc1. The minimum Gasteiger partial charge on any atom is -0.294 e. The van der Waals surface area contributed by atoms with E-state index < -0.39 is 0 Å². The molecular formula is C17H13ClN4O. The molecule has 23 heavy (non-hydrogen) atoms. The van der Waals surface area contributed by atoms with E-state index in [1.54, 1.807) is 24.3 Å². The highest BCUT2D eigenvalue weighted by Gasteiger charge is 2.30. The third-order valence-electron chi connectivity index (χ3n) is 3.80. The average molecular weight is 325 g/mol. The number of nitrogens with zero attached hydrogens (tertiary/aromatic N) is 3. The summed E-state index contributed by atoms with van der Waals surface area (Å²) in [5, 5.41) is 3.48. The Morgan fingerprint density at radius 2 is 1.91 bits per heavy atom. The lowest BCUT2D eigenvalue weighted by Crippen LogP contribution is -2.47. The van der Waals surface area contributed by atoms with Crippen LogP contribution in [0.2, 0.25) is 5.02 Å². The Morgan fingerprint density at radius 1 is 1.13 bits per heavy atom. The van der Waals surface area contributed by atoms with Crippen molar-refractivity contribution in [1.82, 2.24) is 10.2 Å².